The second-order valence-electron chi connectivity index (χ2n) is 7.94. The molecule has 0 bridgehead atoms. The molecule has 1 aromatic carbocycles. The molecule has 1 unspecified atom stereocenters. The first-order valence-electron chi connectivity index (χ1n) is 10.1. The monoisotopic (exact) mass is 422 g/mol. The van der Waals surface area contributed by atoms with Crippen LogP contribution in [0.25, 0.3) is 16.6 Å². The highest BCUT2D eigenvalue weighted by atomic mass is 19.3. The van der Waals surface area contributed by atoms with E-state index in [9.17, 15) is 13.6 Å². The van der Waals surface area contributed by atoms with Crippen LogP contribution in [0.1, 0.15) is 47.4 Å². The number of aromatic nitrogens is 5. The molecule has 9 heteroatoms. The molecule has 31 heavy (non-hydrogen) atoms. The molecule has 1 aliphatic rings. The van der Waals surface area contributed by atoms with E-state index in [1.807, 2.05) is 18.2 Å². The predicted molar refractivity (Wildman–Crippen MR) is 110 cm³/mol. The van der Waals surface area contributed by atoms with Crippen LogP contribution in [0.3, 0.4) is 0 Å². The number of carbonyl (C=O) groups excluding carboxylic acids is 1. The number of pyridine rings is 1. The Hall–Kier alpha value is -3.49. The Morgan fingerprint density at radius 2 is 2.06 bits per heavy atom. The summed E-state index contributed by atoms with van der Waals surface area (Å²) in [7, 11) is 0. The topological polar surface area (TPSA) is 76.3 Å². The molecule has 2 atom stereocenters. The number of benzene rings is 1. The molecule has 0 N–H and O–H groups in total. The van der Waals surface area contributed by atoms with Gasteiger partial charge in [0.25, 0.3) is 18.1 Å². The van der Waals surface area contributed by atoms with Crippen molar-refractivity contribution in [1.29, 1.82) is 0 Å². The van der Waals surface area contributed by atoms with Gasteiger partial charge in [0.15, 0.2) is 0 Å². The van der Waals surface area contributed by atoms with Gasteiger partial charge in [0.2, 0.25) is 0 Å². The summed E-state index contributed by atoms with van der Waals surface area (Å²) in [4.78, 5) is 27.0. The van der Waals surface area contributed by atoms with Crippen LogP contribution in [-0.2, 0) is 0 Å². The summed E-state index contributed by atoms with van der Waals surface area (Å²) in [5, 5.41) is 6.09. The number of carbonyl (C=O) groups is 1. The van der Waals surface area contributed by atoms with Gasteiger partial charge in [0, 0.05) is 42.4 Å². The number of hydrogen-bond acceptors (Lipinski definition) is 5. The second kappa shape index (κ2) is 7.64. The minimum Gasteiger partial charge on any atom is -0.338 e. The minimum absolute atomic E-state index is 0.0754. The molecular formula is C22H20F2N6O. The number of rotatable bonds is 3. The molecule has 0 aliphatic carbocycles. The number of halogens is 2. The van der Waals surface area contributed by atoms with Crippen molar-refractivity contribution < 1.29 is 13.6 Å². The van der Waals surface area contributed by atoms with Crippen LogP contribution in [0.2, 0.25) is 0 Å². The SMILES string of the molecule is C[C@@H]1CCN(C(=O)c2ccc3cnccc3c2)CC1c1cc(C(F)F)nc2ncnn12. The highest BCUT2D eigenvalue weighted by Crippen LogP contribution is 2.34. The lowest BCUT2D eigenvalue weighted by atomic mass is 9.84. The van der Waals surface area contributed by atoms with Crippen LogP contribution in [0.5, 0.6) is 0 Å². The van der Waals surface area contributed by atoms with Crippen LogP contribution in [0, 0.1) is 5.92 Å². The van der Waals surface area contributed by atoms with Gasteiger partial charge in [-0.3, -0.25) is 9.78 Å². The van der Waals surface area contributed by atoms with Crippen molar-refractivity contribution in [3.8, 4) is 0 Å². The van der Waals surface area contributed by atoms with E-state index >= 15 is 0 Å². The molecule has 1 saturated heterocycles. The number of nitrogens with zero attached hydrogens (tertiary/aromatic N) is 6. The van der Waals surface area contributed by atoms with Crippen molar-refractivity contribution in [2.45, 2.75) is 25.7 Å². The minimum atomic E-state index is -2.70. The predicted octanol–water partition coefficient (Wildman–Crippen LogP) is 3.88. The summed E-state index contributed by atoms with van der Waals surface area (Å²) in [6, 6.07) is 8.82. The largest absolute Gasteiger partial charge is 0.338 e. The molecule has 0 radical (unpaired) electrons. The third kappa shape index (κ3) is 3.49. The molecule has 1 aliphatic heterocycles. The van der Waals surface area contributed by atoms with Crippen LogP contribution >= 0.6 is 0 Å². The summed E-state index contributed by atoms with van der Waals surface area (Å²) < 4.78 is 28.3. The third-order valence-electron chi connectivity index (χ3n) is 6.04. The fourth-order valence-electron chi connectivity index (χ4n) is 4.27. The third-order valence-corrected chi connectivity index (χ3v) is 6.04. The van der Waals surface area contributed by atoms with Crippen molar-refractivity contribution in [3.63, 3.8) is 0 Å². The van der Waals surface area contributed by atoms with Gasteiger partial charge in [-0.25, -0.2) is 18.3 Å². The Morgan fingerprint density at radius 1 is 1.19 bits per heavy atom. The Labute approximate surface area is 176 Å². The standard InChI is InChI=1S/C22H20F2N6O/c1-13-5-7-29(21(31)15-2-3-16-10-25-6-4-14(16)8-15)11-17(13)19-9-18(20(23)24)28-22-26-12-27-30(19)22/h2-4,6,8-10,12-13,17,20H,5,7,11H2,1H3/t13-,17?/m1/s1. The van der Waals surface area contributed by atoms with Crippen molar-refractivity contribution >= 4 is 22.5 Å². The zero-order chi connectivity index (χ0) is 21.5. The Kier molecular flexibility index (Phi) is 4.80. The summed E-state index contributed by atoms with van der Waals surface area (Å²) in [5.74, 6) is 0.0966. The van der Waals surface area contributed by atoms with Gasteiger partial charge in [0.1, 0.15) is 12.0 Å². The van der Waals surface area contributed by atoms with Crippen LogP contribution in [0.4, 0.5) is 8.78 Å². The van der Waals surface area contributed by atoms with Crippen molar-refractivity contribution in [3.05, 3.63) is 66.0 Å². The van der Waals surface area contributed by atoms with Crippen LogP contribution in [0.15, 0.2) is 49.1 Å². The molecule has 3 aromatic heterocycles. The van der Waals surface area contributed by atoms with E-state index < -0.39 is 6.43 Å². The van der Waals surface area contributed by atoms with Crippen molar-refractivity contribution in [1.82, 2.24) is 29.5 Å². The van der Waals surface area contributed by atoms with E-state index in [1.165, 1.54) is 16.9 Å². The molecule has 1 amide bonds. The van der Waals surface area contributed by atoms with Gasteiger partial charge in [-0.1, -0.05) is 13.0 Å². The maximum atomic E-state index is 13.4. The zero-order valence-electron chi connectivity index (χ0n) is 16.8. The van der Waals surface area contributed by atoms with Gasteiger partial charge in [-0.05, 0) is 42.0 Å². The van der Waals surface area contributed by atoms with Crippen LogP contribution in [-0.4, -0.2) is 48.5 Å². The number of likely N-dealkylation sites (tertiary alicyclic amines) is 1. The normalized spacial score (nSPS) is 19.4. The lowest BCUT2D eigenvalue weighted by Gasteiger charge is -2.37. The van der Waals surface area contributed by atoms with Gasteiger partial charge >= 0.3 is 0 Å². The molecule has 5 rings (SSSR count). The molecule has 7 nitrogen and oxygen atoms in total. The van der Waals surface area contributed by atoms with E-state index in [0.717, 1.165) is 17.2 Å². The highest BCUT2D eigenvalue weighted by Gasteiger charge is 2.33. The lowest BCUT2D eigenvalue weighted by Crippen LogP contribution is -2.42. The summed E-state index contributed by atoms with van der Waals surface area (Å²) in [6.07, 6.45) is 2.82. The average Bonchev–Trinajstić information content (AvgIpc) is 3.27. The molecule has 0 saturated carbocycles. The van der Waals surface area contributed by atoms with E-state index in [1.54, 1.807) is 23.4 Å². The molecule has 4 heterocycles. The van der Waals surface area contributed by atoms with Gasteiger partial charge < -0.3 is 4.90 Å². The summed E-state index contributed by atoms with van der Waals surface area (Å²) in [5.41, 5.74) is 0.877. The van der Waals surface area contributed by atoms with E-state index in [0.29, 0.717) is 24.3 Å². The Bertz CT molecular complexity index is 1270. The maximum Gasteiger partial charge on any atom is 0.280 e. The number of amides is 1. The van der Waals surface area contributed by atoms with E-state index in [2.05, 4.69) is 27.0 Å². The molecule has 0 spiro atoms. The first-order chi connectivity index (χ1) is 15.0. The smallest absolute Gasteiger partial charge is 0.280 e. The first-order valence-corrected chi connectivity index (χ1v) is 10.1. The van der Waals surface area contributed by atoms with Gasteiger partial charge in [-0.15, -0.1) is 0 Å². The Balaban J connectivity index is 1.48. The number of piperidine rings is 1. The number of hydrogen-bond donors (Lipinski definition) is 0. The van der Waals surface area contributed by atoms with E-state index in [-0.39, 0.29) is 29.2 Å². The quantitative estimate of drug-likeness (QED) is 0.501. The average molecular weight is 422 g/mol. The zero-order valence-corrected chi connectivity index (χ0v) is 16.8. The number of alkyl halides is 2. The molecule has 1 fully saturated rings. The van der Waals surface area contributed by atoms with Gasteiger partial charge in [-0.2, -0.15) is 10.1 Å². The number of fused-ring (bicyclic) bond motifs is 2. The maximum absolute atomic E-state index is 13.4. The van der Waals surface area contributed by atoms with Crippen LogP contribution < -0.4 is 0 Å². The summed E-state index contributed by atoms with van der Waals surface area (Å²) in [6.45, 7) is 3.09. The van der Waals surface area contributed by atoms with E-state index in [4.69, 9.17) is 0 Å². The first kappa shape index (κ1) is 19.5. The Morgan fingerprint density at radius 3 is 2.90 bits per heavy atom. The molecular weight excluding hydrogens is 402 g/mol. The lowest BCUT2D eigenvalue weighted by molar-refractivity contribution is 0.0665. The van der Waals surface area contributed by atoms with Crippen molar-refractivity contribution in [2.75, 3.05) is 13.1 Å². The highest BCUT2D eigenvalue weighted by molar-refractivity contribution is 5.98. The molecule has 158 valence electrons. The fraction of sp³-hybridized carbons (Fsp3) is 0.318. The van der Waals surface area contributed by atoms with Gasteiger partial charge in [0.05, 0.1) is 5.69 Å². The summed E-state index contributed by atoms with van der Waals surface area (Å²) >= 11 is 0. The fourth-order valence-corrected chi connectivity index (χ4v) is 4.27. The molecule has 4 aromatic rings. The van der Waals surface area contributed by atoms with Crippen molar-refractivity contribution in [2.24, 2.45) is 5.92 Å². The second-order valence-corrected chi connectivity index (χ2v) is 7.94.